The number of hydrogen-bond acceptors (Lipinski definition) is 4. The van der Waals surface area contributed by atoms with Gasteiger partial charge in [0.05, 0.1) is 13.2 Å². The van der Waals surface area contributed by atoms with E-state index in [1.165, 1.54) is 0 Å². The Morgan fingerprint density at radius 1 is 1.59 bits per heavy atom. The Morgan fingerprint density at radius 2 is 2.41 bits per heavy atom. The summed E-state index contributed by atoms with van der Waals surface area (Å²) in [6.45, 7) is 8.46. The van der Waals surface area contributed by atoms with Gasteiger partial charge in [-0.2, -0.15) is 0 Å². The van der Waals surface area contributed by atoms with E-state index in [9.17, 15) is 0 Å². The molecule has 0 saturated carbocycles. The molecule has 0 radical (unpaired) electrons. The van der Waals surface area contributed by atoms with Crippen LogP contribution in [0.1, 0.15) is 26.6 Å². The van der Waals surface area contributed by atoms with Crippen molar-refractivity contribution in [2.75, 3.05) is 13.2 Å². The number of imidazole rings is 1. The third-order valence-electron chi connectivity index (χ3n) is 2.70. The minimum atomic E-state index is -0.467. The van der Waals surface area contributed by atoms with Crippen molar-refractivity contribution in [2.24, 2.45) is 0 Å². The highest BCUT2D eigenvalue weighted by Gasteiger charge is 2.32. The number of nitrogens with zero attached hydrogens (tertiary/aromatic N) is 2. The van der Waals surface area contributed by atoms with Gasteiger partial charge in [0, 0.05) is 19.0 Å². The largest absolute Gasteiger partial charge is 0.374 e. The number of aromatic nitrogens is 2. The van der Waals surface area contributed by atoms with Crippen LogP contribution in [-0.2, 0) is 27.4 Å². The van der Waals surface area contributed by atoms with Crippen molar-refractivity contribution >= 4 is 0 Å². The van der Waals surface area contributed by atoms with E-state index in [-0.39, 0.29) is 6.10 Å². The van der Waals surface area contributed by atoms with Gasteiger partial charge in [-0.3, -0.25) is 0 Å². The van der Waals surface area contributed by atoms with E-state index in [0.29, 0.717) is 19.8 Å². The molecule has 0 spiro atoms. The van der Waals surface area contributed by atoms with Crippen LogP contribution in [0.3, 0.4) is 0 Å². The minimum Gasteiger partial charge on any atom is -0.374 e. The third-order valence-corrected chi connectivity index (χ3v) is 2.70. The standard InChI is InChI=1S/C12H20N2O3/c1-4-15-9-11-13-5-6-14(11)7-10-8-16-12(2,3)17-10/h5-6,10H,4,7-9H2,1-3H3. The fourth-order valence-electron chi connectivity index (χ4n) is 1.91. The minimum absolute atomic E-state index is 0.0829. The molecule has 17 heavy (non-hydrogen) atoms. The summed E-state index contributed by atoms with van der Waals surface area (Å²) in [5.74, 6) is 0.464. The van der Waals surface area contributed by atoms with Crippen LogP contribution >= 0.6 is 0 Å². The zero-order valence-electron chi connectivity index (χ0n) is 10.7. The molecule has 2 rings (SSSR count). The summed E-state index contributed by atoms with van der Waals surface area (Å²) in [4.78, 5) is 4.27. The summed E-state index contributed by atoms with van der Waals surface area (Å²) in [6.07, 6.45) is 3.82. The summed E-state index contributed by atoms with van der Waals surface area (Å²) >= 11 is 0. The zero-order valence-corrected chi connectivity index (χ0v) is 10.7. The highest BCUT2D eigenvalue weighted by Crippen LogP contribution is 2.23. The summed E-state index contributed by atoms with van der Waals surface area (Å²) < 4.78 is 18.7. The molecule has 2 heterocycles. The van der Waals surface area contributed by atoms with Gasteiger partial charge in [-0.05, 0) is 20.8 Å². The van der Waals surface area contributed by atoms with Crippen molar-refractivity contribution in [1.82, 2.24) is 9.55 Å². The Kier molecular flexibility index (Phi) is 3.81. The molecular weight excluding hydrogens is 220 g/mol. The molecule has 0 N–H and O–H groups in total. The molecule has 1 aliphatic rings. The molecule has 1 aromatic heterocycles. The van der Waals surface area contributed by atoms with Crippen LogP contribution in [0.4, 0.5) is 0 Å². The van der Waals surface area contributed by atoms with E-state index in [2.05, 4.69) is 9.55 Å². The van der Waals surface area contributed by atoms with Gasteiger partial charge in [0.1, 0.15) is 18.5 Å². The normalized spacial score (nSPS) is 23.1. The Hall–Kier alpha value is -0.910. The monoisotopic (exact) mass is 240 g/mol. The van der Waals surface area contributed by atoms with Crippen LogP contribution in [0.15, 0.2) is 12.4 Å². The van der Waals surface area contributed by atoms with E-state index < -0.39 is 5.79 Å². The van der Waals surface area contributed by atoms with Gasteiger partial charge in [-0.15, -0.1) is 0 Å². The van der Waals surface area contributed by atoms with Gasteiger partial charge in [-0.1, -0.05) is 0 Å². The lowest BCUT2D eigenvalue weighted by Crippen LogP contribution is -2.24. The van der Waals surface area contributed by atoms with Crippen molar-refractivity contribution in [3.8, 4) is 0 Å². The Morgan fingerprint density at radius 3 is 3.06 bits per heavy atom. The molecule has 1 unspecified atom stereocenters. The highest BCUT2D eigenvalue weighted by atomic mass is 16.7. The molecule has 0 aromatic carbocycles. The SMILES string of the molecule is CCOCc1nccn1CC1COC(C)(C)O1. The maximum absolute atomic E-state index is 5.77. The first kappa shape index (κ1) is 12.5. The van der Waals surface area contributed by atoms with Gasteiger partial charge >= 0.3 is 0 Å². The third kappa shape index (κ3) is 3.28. The average Bonchev–Trinajstić information content (AvgIpc) is 2.83. The number of ether oxygens (including phenoxy) is 3. The molecule has 0 aliphatic carbocycles. The van der Waals surface area contributed by atoms with Gasteiger partial charge in [-0.25, -0.2) is 4.98 Å². The predicted octanol–water partition coefficient (Wildman–Crippen LogP) is 1.57. The van der Waals surface area contributed by atoms with Crippen molar-refractivity contribution in [1.29, 1.82) is 0 Å². The van der Waals surface area contributed by atoms with Crippen LogP contribution < -0.4 is 0 Å². The van der Waals surface area contributed by atoms with E-state index in [1.807, 2.05) is 27.0 Å². The Balaban J connectivity index is 1.92. The first-order valence-electron chi connectivity index (χ1n) is 6.00. The molecule has 0 amide bonds. The van der Waals surface area contributed by atoms with E-state index >= 15 is 0 Å². The van der Waals surface area contributed by atoms with Gasteiger partial charge in [0.15, 0.2) is 5.79 Å². The number of rotatable bonds is 5. The van der Waals surface area contributed by atoms with Crippen molar-refractivity contribution in [3.63, 3.8) is 0 Å². The molecule has 1 aromatic rings. The Labute approximate surface area is 102 Å². The maximum atomic E-state index is 5.77. The fourth-order valence-corrected chi connectivity index (χ4v) is 1.91. The fraction of sp³-hybridized carbons (Fsp3) is 0.750. The summed E-state index contributed by atoms with van der Waals surface area (Å²) in [5, 5.41) is 0. The summed E-state index contributed by atoms with van der Waals surface area (Å²) in [5.41, 5.74) is 0. The molecule has 96 valence electrons. The molecule has 1 fully saturated rings. The smallest absolute Gasteiger partial charge is 0.163 e. The lowest BCUT2D eigenvalue weighted by Gasteiger charge is -2.17. The van der Waals surface area contributed by atoms with E-state index in [1.54, 1.807) is 6.20 Å². The van der Waals surface area contributed by atoms with Gasteiger partial charge < -0.3 is 18.8 Å². The van der Waals surface area contributed by atoms with Crippen LogP contribution in [0.5, 0.6) is 0 Å². The highest BCUT2D eigenvalue weighted by molar-refractivity contribution is 4.92. The van der Waals surface area contributed by atoms with Gasteiger partial charge in [0.2, 0.25) is 0 Å². The van der Waals surface area contributed by atoms with Crippen LogP contribution in [0.2, 0.25) is 0 Å². The average molecular weight is 240 g/mol. The molecule has 0 bridgehead atoms. The Bertz CT molecular complexity index is 362. The molecule has 5 heteroatoms. The van der Waals surface area contributed by atoms with Gasteiger partial charge in [0.25, 0.3) is 0 Å². The second-order valence-corrected chi connectivity index (χ2v) is 4.58. The lowest BCUT2D eigenvalue weighted by molar-refractivity contribution is -0.139. The molecule has 1 saturated heterocycles. The van der Waals surface area contributed by atoms with Crippen LogP contribution in [-0.4, -0.2) is 34.7 Å². The second kappa shape index (κ2) is 5.16. The maximum Gasteiger partial charge on any atom is 0.163 e. The van der Waals surface area contributed by atoms with Crippen LogP contribution in [0.25, 0.3) is 0 Å². The van der Waals surface area contributed by atoms with E-state index in [0.717, 1.165) is 12.4 Å². The number of hydrogen-bond donors (Lipinski definition) is 0. The first-order valence-corrected chi connectivity index (χ1v) is 6.00. The van der Waals surface area contributed by atoms with E-state index in [4.69, 9.17) is 14.2 Å². The molecule has 1 atom stereocenters. The topological polar surface area (TPSA) is 45.5 Å². The summed E-state index contributed by atoms with van der Waals surface area (Å²) in [7, 11) is 0. The predicted molar refractivity (Wildman–Crippen MR) is 62.5 cm³/mol. The van der Waals surface area contributed by atoms with Crippen molar-refractivity contribution in [2.45, 2.75) is 45.8 Å². The zero-order chi connectivity index (χ0) is 12.3. The molecule has 5 nitrogen and oxygen atoms in total. The quantitative estimate of drug-likeness (QED) is 0.783. The lowest BCUT2D eigenvalue weighted by atomic mass is 10.3. The molecular formula is C12H20N2O3. The molecule has 1 aliphatic heterocycles. The summed E-state index contributed by atoms with van der Waals surface area (Å²) in [6, 6.07) is 0. The van der Waals surface area contributed by atoms with Crippen molar-refractivity contribution in [3.05, 3.63) is 18.2 Å². The van der Waals surface area contributed by atoms with Crippen molar-refractivity contribution < 1.29 is 14.2 Å². The first-order chi connectivity index (χ1) is 8.11. The second-order valence-electron chi connectivity index (χ2n) is 4.58. The van der Waals surface area contributed by atoms with Crippen LogP contribution in [0, 0.1) is 0 Å².